The molecular formula is C23H17ClF3N5O2. The normalized spacial score (nSPS) is 14.2. The second-order valence-corrected chi connectivity index (χ2v) is 8.33. The van der Waals surface area contributed by atoms with Gasteiger partial charge in [-0.25, -0.2) is 4.98 Å². The fourth-order valence-electron chi connectivity index (χ4n) is 3.80. The average molecular weight is 488 g/mol. The molecule has 34 heavy (non-hydrogen) atoms. The minimum atomic E-state index is -4.42. The summed E-state index contributed by atoms with van der Waals surface area (Å²) in [4.78, 5) is 26.3. The smallest absolute Gasteiger partial charge is 0.338 e. The zero-order valence-electron chi connectivity index (χ0n) is 17.6. The first-order valence-corrected chi connectivity index (χ1v) is 10.7. The van der Waals surface area contributed by atoms with Gasteiger partial charge in [0.25, 0.3) is 5.56 Å². The lowest BCUT2D eigenvalue weighted by molar-refractivity contribution is -0.137. The van der Waals surface area contributed by atoms with Gasteiger partial charge in [-0.05, 0) is 36.4 Å². The summed E-state index contributed by atoms with van der Waals surface area (Å²) in [6.45, 7) is 1.30. The number of benzene rings is 2. The average Bonchev–Trinajstić information content (AvgIpc) is 3.28. The third-order valence-electron chi connectivity index (χ3n) is 5.56. The molecule has 1 N–H and O–H groups in total. The molecule has 0 unspecified atom stereocenters. The van der Waals surface area contributed by atoms with Crippen LogP contribution in [0.25, 0.3) is 22.8 Å². The predicted octanol–water partition coefficient (Wildman–Crippen LogP) is 4.72. The lowest BCUT2D eigenvalue weighted by Gasteiger charge is -2.26. The van der Waals surface area contributed by atoms with Crippen molar-refractivity contribution in [3.63, 3.8) is 0 Å². The van der Waals surface area contributed by atoms with Gasteiger partial charge in [0, 0.05) is 35.7 Å². The number of rotatable bonds is 4. The number of aromatic nitrogens is 4. The zero-order chi connectivity index (χ0) is 23.9. The fraction of sp³-hybridized carbons (Fsp3) is 0.217. The van der Waals surface area contributed by atoms with Crippen LogP contribution in [0.1, 0.15) is 22.7 Å². The number of aromatic amines is 1. The molecule has 7 nitrogen and oxygen atoms in total. The summed E-state index contributed by atoms with van der Waals surface area (Å²) >= 11 is 5.91. The van der Waals surface area contributed by atoms with Gasteiger partial charge < -0.3 is 9.51 Å². The number of H-pyrrole nitrogens is 1. The van der Waals surface area contributed by atoms with Crippen LogP contribution < -0.4 is 5.56 Å². The maximum absolute atomic E-state index is 12.8. The standard InChI is InChI=1S/C23H17ClF3N5O2/c24-16-7-3-14(4-8-16)21-29-19(34-31-21)12-32-10-9-18-17(11-32)22(33)30-20(28-18)13-1-5-15(6-2-13)23(25,26)27/h1-8H,9-12H2,(H,28,30,33). The third kappa shape index (κ3) is 4.59. The summed E-state index contributed by atoms with van der Waals surface area (Å²) < 4.78 is 43.8. The Bertz CT molecular complexity index is 1380. The van der Waals surface area contributed by atoms with E-state index in [1.807, 2.05) is 4.90 Å². The molecule has 0 fully saturated rings. The van der Waals surface area contributed by atoms with Crippen LogP contribution in [0, 0.1) is 0 Å². The van der Waals surface area contributed by atoms with Gasteiger partial charge >= 0.3 is 6.18 Å². The lowest BCUT2D eigenvalue weighted by Crippen LogP contribution is -2.35. The Balaban J connectivity index is 1.31. The van der Waals surface area contributed by atoms with Crippen LogP contribution in [0.4, 0.5) is 13.2 Å². The van der Waals surface area contributed by atoms with Crippen molar-refractivity contribution >= 4 is 11.6 Å². The van der Waals surface area contributed by atoms with Gasteiger partial charge in [0.2, 0.25) is 11.7 Å². The van der Waals surface area contributed by atoms with Crippen molar-refractivity contribution in [1.82, 2.24) is 25.0 Å². The van der Waals surface area contributed by atoms with Gasteiger partial charge in [0.05, 0.1) is 23.4 Å². The van der Waals surface area contributed by atoms with E-state index in [-0.39, 0.29) is 11.4 Å². The first-order chi connectivity index (χ1) is 16.3. The van der Waals surface area contributed by atoms with E-state index in [1.165, 1.54) is 12.1 Å². The van der Waals surface area contributed by atoms with Gasteiger partial charge in [-0.2, -0.15) is 18.2 Å². The van der Waals surface area contributed by atoms with Crippen molar-refractivity contribution in [2.24, 2.45) is 0 Å². The van der Waals surface area contributed by atoms with Gasteiger partial charge in [-0.15, -0.1) is 0 Å². The summed E-state index contributed by atoms with van der Waals surface area (Å²) in [5, 5.41) is 4.61. The summed E-state index contributed by atoms with van der Waals surface area (Å²) in [6.07, 6.45) is -3.92. The molecule has 0 atom stereocenters. The molecule has 0 spiro atoms. The van der Waals surface area contributed by atoms with Gasteiger partial charge in [-0.1, -0.05) is 28.9 Å². The molecule has 2 aromatic carbocycles. The highest BCUT2D eigenvalue weighted by Gasteiger charge is 2.30. The topological polar surface area (TPSA) is 87.9 Å². The van der Waals surface area contributed by atoms with Crippen molar-refractivity contribution < 1.29 is 17.7 Å². The minimum absolute atomic E-state index is 0.246. The Labute approximate surface area is 196 Å². The van der Waals surface area contributed by atoms with E-state index < -0.39 is 11.7 Å². The molecule has 2 aromatic heterocycles. The quantitative estimate of drug-likeness (QED) is 0.448. The molecule has 3 heterocycles. The predicted molar refractivity (Wildman–Crippen MR) is 118 cm³/mol. The monoisotopic (exact) mass is 487 g/mol. The molecule has 0 bridgehead atoms. The van der Waals surface area contributed by atoms with E-state index in [1.54, 1.807) is 24.3 Å². The largest absolute Gasteiger partial charge is 0.416 e. The molecule has 0 amide bonds. The molecule has 0 radical (unpaired) electrons. The van der Waals surface area contributed by atoms with Crippen LogP contribution in [-0.2, 0) is 25.7 Å². The number of hydrogen-bond acceptors (Lipinski definition) is 6. The number of alkyl halides is 3. The number of nitrogens with one attached hydrogen (secondary N) is 1. The van der Waals surface area contributed by atoms with Crippen LogP contribution in [0.3, 0.4) is 0 Å². The van der Waals surface area contributed by atoms with Gasteiger partial charge in [0.1, 0.15) is 5.82 Å². The number of fused-ring (bicyclic) bond motifs is 1. The van der Waals surface area contributed by atoms with Gasteiger partial charge in [0.15, 0.2) is 0 Å². The summed E-state index contributed by atoms with van der Waals surface area (Å²) in [5.41, 5.74) is 1.25. The van der Waals surface area contributed by atoms with E-state index in [4.69, 9.17) is 16.1 Å². The van der Waals surface area contributed by atoms with Crippen LogP contribution in [-0.4, -0.2) is 31.6 Å². The first-order valence-electron chi connectivity index (χ1n) is 10.4. The van der Waals surface area contributed by atoms with Crippen LogP contribution in [0.15, 0.2) is 57.8 Å². The molecule has 174 valence electrons. The van der Waals surface area contributed by atoms with Crippen LogP contribution >= 0.6 is 11.6 Å². The van der Waals surface area contributed by atoms with E-state index in [9.17, 15) is 18.0 Å². The summed E-state index contributed by atoms with van der Waals surface area (Å²) in [6, 6.07) is 11.6. The molecule has 0 saturated carbocycles. The Morgan fingerprint density at radius 3 is 2.44 bits per heavy atom. The fourth-order valence-corrected chi connectivity index (χ4v) is 3.92. The van der Waals surface area contributed by atoms with E-state index in [0.717, 1.165) is 17.7 Å². The molecule has 0 aliphatic carbocycles. The maximum atomic E-state index is 12.8. The molecule has 1 aliphatic heterocycles. The molecule has 1 aliphatic rings. The maximum Gasteiger partial charge on any atom is 0.416 e. The van der Waals surface area contributed by atoms with Crippen molar-refractivity contribution in [3.05, 3.63) is 86.6 Å². The van der Waals surface area contributed by atoms with E-state index in [2.05, 4.69) is 20.1 Å². The van der Waals surface area contributed by atoms with Crippen molar-refractivity contribution in [3.8, 4) is 22.8 Å². The molecule has 11 heteroatoms. The van der Waals surface area contributed by atoms with Crippen LogP contribution in [0.2, 0.25) is 5.02 Å². The second-order valence-electron chi connectivity index (χ2n) is 7.89. The lowest BCUT2D eigenvalue weighted by atomic mass is 10.1. The Morgan fingerprint density at radius 1 is 1.03 bits per heavy atom. The zero-order valence-corrected chi connectivity index (χ0v) is 18.3. The highest BCUT2D eigenvalue weighted by atomic mass is 35.5. The Morgan fingerprint density at radius 2 is 1.74 bits per heavy atom. The SMILES string of the molecule is O=c1[nH]c(-c2ccc(C(F)(F)F)cc2)nc2c1CN(Cc1nc(-c3ccc(Cl)cc3)no1)CC2. The molecule has 5 rings (SSSR count). The Kier molecular flexibility index (Phi) is 5.70. The first kappa shape index (κ1) is 22.3. The van der Waals surface area contributed by atoms with E-state index in [0.29, 0.717) is 59.6 Å². The Hall–Kier alpha value is -3.50. The van der Waals surface area contributed by atoms with Crippen LogP contribution in [0.5, 0.6) is 0 Å². The van der Waals surface area contributed by atoms with E-state index >= 15 is 0 Å². The number of nitrogens with zero attached hydrogens (tertiary/aromatic N) is 4. The van der Waals surface area contributed by atoms with Gasteiger partial charge in [-0.3, -0.25) is 9.69 Å². The van der Waals surface area contributed by atoms with Crippen molar-refractivity contribution in [1.29, 1.82) is 0 Å². The molecule has 0 saturated heterocycles. The van der Waals surface area contributed by atoms with Crippen molar-refractivity contribution in [2.75, 3.05) is 6.54 Å². The number of halogens is 4. The third-order valence-corrected chi connectivity index (χ3v) is 5.81. The number of hydrogen-bond donors (Lipinski definition) is 1. The summed E-state index contributed by atoms with van der Waals surface area (Å²) in [7, 11) is 0. The molecule has 4 aromatic rings. The highest BCUT2D eigenvalue weighted by Crippen LogP contribution is 2.30. The molecular weight excluding hydrogens is 471 g/mol. The summed E-state index contributed by atoms with van der Waals surface area (Å²) in [5.74, 6) is 1.11. The highest BCUT2D eigenvalue weighted by molar-refractivity contribution is 6.30. The minimum Gasteiger partial charge on any atom is -0.338 e. The van der Waals surface area contributed by atoms with Crippen molar-refractivity contribution in [2.45, 2.75) is 25.7 Å². The second kappa shape index (κ2) is 8.69.